The lowest BCUT2D eigenvalue weighted by molar-refractivity contribution is -0.0433. The van der Waals surface area contributed by atoms with E-state index >= 15 is 0 Å². The summed E-state index contributed by atoms with van der Waals surface area (Å²) in [5.74, 6) is 0. The van der Waals surface area contributed by atoms with E-state index in [-0.39, 0.29) is 6.10 Å². The largest absolute Gasteiger partial charge is 0.383 e. The first-order valence-corrected chi connectivity index (χ1v) is 4.34. The van der Waals surface area contributed by atoms with E-state index in [9.17, 15) is 5.11 Å². The fourth-order valence-corrected chi connectivity index (χ4v) is 1.56. The first kappa shape index (κ1) is 9.49. The van der Waals surface area contributed by atoms with Crippen molar-refractivity contribution in [3.63, 3.8) is 0 Å². The van der Waals surface area contributed by atoms with Crippen molar-refractivity contribution in [3.8, 4) is 0 Å². The second kappa shape index (κ2) is 3.87. The average Bonchev–Trinajstić information content (AvgIpc) is 2.05. The van der Waals surface area contributed by atoms with E-state index in [4.69, 9.17) is 4.74 Å². The molecule has 0 fully saturated rings. The normalized spacial score (nSPS) is 34.1. The van der Waals surface area contributed by atoms with E-state index in [1.807, 2.05) is 24.3 Å². The predicted octanol–water partition coefficient (Wildman–Crippen LogP) is 1.66. The van der Waals surface area contributed by atoms with Crippen LogP contribution in [0.15, 0.2) is 24.3 Å². The third-order valence-electron chi connectivity index (χ3n) is 2.18. The van der Waals surface area contributed by atoms with Crippen molar-refractivity contribution in [2.24, 2.45) is 0 Å². The zero-order chi connectivity index (χ0) is 9.03. The maximum Gasteiger partial charge on any atom is 0.113 e. The van der Waals surface area contributed by atoms with Gasteiger partial charge in [0.2, 0.25) is 0 Å². The van der Waals surface area contributed by atoms with Crippen LogP contribution in [0.3, 0.4) is 0 Å². The van der Waals surface area contributed by atoms with Crippen molar-refractivity contribution in [2.45, 2.75) is 31.5 Å². The van der Waals surface area contributed by atoms with Crippen LogP contribution in [0.1, 0.15) is 19.8 Å². The van der Waals surface area contributed by atoms with Crippen molar-refractivity contribution in [3.05, 3.63) is 24.3 Å². The minimum atomic E-state index is -0.793. The van der Waals surface area contributed by atoms with E-state index in [0.29, 0.717) is 0 Å². The fraction of sp³-hybridized carbons (Fsp3) is 0.600. The summed E-state index contributed by atoms with van der Waals surface area (Å²) in [7, 11) is 1.62. The molecule has 2 nitrogen and oxygen atoms in total. The molecule has 0 aromatic rings. The van der Waals surface area contributed by atoms with Crippen molar-refractivity contribution >= 4 is 0 Å². The number of allylic oxidation sites excluding steroid dienone is 2. The summed E-state index contributed by atoms with van der Waals surface area (Å²) in [6.07, 6.45) is 8.97. The standard InChI is InChI=1S/C10H16O2/c1-3-7-10(11)8-5-4-6-9(10)12-2/h4-6,8-9,11H,3,7H2,1-2H3. The molecule has 0 bridgehead atoms. The van der Waals surface area contributed by atoms with Gasteiger partial charge in [0.1, 0.15) is 11.7 Å². The Morgan fingerprint density at radius 3 is 2.83 bits per heavy atom. The highest BCUT2D eigenvalue weighted by molar-refractivity contribution is 5.22. The highest BCUT2D eigenvalue weighted by Crippen LogP contribution is 2.25. The quantitative estimate of drug-likeness (QED) is 0.694. The molecule has 0 saturated carbocycles. The Hall–Kier alpha value is -0.600. The summed E-state index contributed by atoms with van der Waals surface area (Å²) in [4.78, 5) is 0. The molecule has 1 aliphatic rings. The van der Waals surface area contributed by atoms with Crippen LogP contribution in [0, 0.1) is 0 Å². The van der Waals surface area contributed by atoms with Gasteiger partial charge in [0, 0.05) is 7.11 Å². The maximum absolute atomic E-state index is 10.1. The molecule has 0 saturated heterocycles. The van der Waals surface area contributed by atoms with Gasteiger partial charge in [-0.25, -0.2) is 0 Å². The molecule has 2 heteroatoms. The van der Waals surface area contributed by atoms with Crippen LogP contribution in [0.4, 0.5) is 0 Å². The van der Waals surface area contributed by atoms with Gasteiger partial charge in [-0.1, -0.05) is 37.6 Å². The van der Waals surface area contributed by atoms with Gasteiger partial charge in [-0.3, -0.25) is 0 Å². The Labute approximate surface area is 73.5 Å². The van der Waals surface area contributed by atoms with Gasteiger partial charge in [0.05, 0.1) is 0 Å². The van der Waals surface area contributed by atoms with Crippen molar-refractivity contribution in [1.29, 1.82) is 0 Å². The number of methoxy groups -OCH3 is 1. The molecule has 0 spiro atoms. The fourth-order valence-electron chi connectivity index (χ4n) is 1.56. The Kier molecular flexibility index (Phi) is 3.06. The topological polar surface area (TPSA) is 29.5 Å². The Morgan fingerprint density at radius 2 is 2.25 bits per heavy atom. The SMILES string of the molecule is CCCC1(O)C=CC=CC1OC. The summed E-state index contributed by atoms with van der Waals surface area (Å²) in [6.45, 7) is 2.05. The number of hydrogen-bond acceptors (Lipinski definition) is 2. The molecule has 0 aromatic carbocycles. The molecule has 1 aliphatic carbocycles. The van der Waals surface area contributed by atoms with Crippen molar-refractivity contribution < 1.29 is 9.84 Å². The Morgan fingerprint density at radius 1 is 1.50 bits per heavy atom. The summed E-state index contributed by atoms with van der Waals surface area (Å²) in [5.41, 5.74) is -0.793. The Balaban J connectivity index is 2.72. The summed E-state index contributed by atoms with van der Waals surface area (Å²) >= 11 is 0. The van der Waals surface area contributed by atoms with E-state index in [2.05, 4.69) is 6.92 Å². The third kappa shape index (κ3) is 1.76. The van der Waals surface area contributed by atoms with E-state index in [0.717, 1.165) is 12.8 Å². The van der Waals surface area contributed by atoms with Gasteiger partial charge >= 0.3 is 0 Å². The summed E-state index contributed by atoms with van der Waals surface area (Å²) in [5, 5.41) is 10.1. The molecule has 2 atom stereocenters. The third-order valence-corrected chi connectivity index (χ3v) is 2.18. The number of aliphatic hydroxyl groups is 1. The number of ether oxygens (including phenoxy) is 1. The first-order valence-electron chi connectivity index (χ1n) is 4.34. The molecule has 2 unspecified atom stereocenters. The van der Waals surface area contributed by atoms with E-state index in [1.165, 1.54) is 0 Å². The summed E-state index contributed by atoms with van der Waals surface area (Å²) < 4.78 is 5.17. The second-order valence-electron chi connectivity index (χ2n) is 3.14. The van der Waals surface area contributed by atoms with Crippen LogP contribution >= 0.6 is 0 Å². The average molecular weight is 168 g/mol. The van der Waals surface area contributed by atoms with Crippen molar-refractivity contribution in [2.75, 3.05) is 7.11 Å². The van der Waals surface area contributed by atoms with Crippen LogP contribution < -0.4 is 0 Å². The molecule has 68 valence electrons. The monoisotopic (exact) mass is 168 g/mol. The molecule has 0 heterocycles. The minimum absolute atomic E-state index is 0.192. The lowest BCUT2D eigenvalue weighted by Gasteiger charge is -2.32. The molecule has 0 aromatic heterocycles. The van der Waals surface area contributed by atoms with Crippen LogP contribution in [-0.4, -0.2) is 23.9 Å². The van der Waals surface area contributed by atoms with Gasteiger partial charge in [0.25, 0.3) is 0 Å². The van der Waals surface area contributed by atoms with Crippen LogP contribution in [-0.2, 0) is 4.74 Å². The molecule has 0 aliphatic heterocycles. The zero-order valence-electron chi connectivity index (χ0n) is 7.66. The van der Waals surface area contributed by atoms with E-state index in [1.54, 1.807) is 7.11 Å². The van der Waals surface area contributed by atoms with Crippen LogP contribution in [0.2, 0.25) is 0 Å². The maximum atomic E-state index is 10.1. The summed E-state index contributed by atoms with van der Waals surface area (Å²) in [6, 6.07) is 0. The molecule has 12 heavy (non-hydrogen) atoms. The molecule has 1 N–H and O–H groups in total. The van der Waals surface area contributed by atoms with Crippen LogP contribution in [0.25, 0.3) is 0 Å². The molecular weight excluding hydrogens is 152 g/mol. The van der Waals surface area contributed by atoms with Crippen molar-refractivity contribution in [1.82, 2.24) is 0 Å². The lowest BCUT2D eigenvalue weighted by Crippen LogP contribution is -2.41. The highest BCUT2D eigenvalue weighted by atomic mass is 16.5. The number of rotatable bonds is 3. The van der Waals surface area contributed by atoms with E-state index < -0.39 is 5.60 Å². The predicted molar refractivity (Wildman–Crippen MR) is 48.9 cm³/mol. The van der Waals surface area contributed by atoms with Crippen LogP contribution in [0.5, 0.6) is 0 Å². The second-order valence-corrected chi connectivity index (χ2v) is 3.14. The molecule has 0 radical (unpaired) electrons. The Bertz CT molecular complexity index is 196. The molecule has 1 rings (SSSR count). The van der Waals surface area contributed by atoms with Gasteiger partial charge in [0.15, 0.2) is 0 Å². The minimum Gasteiger partial charge on any atom is -0.383 e. The lowest BCUT2D eigenvalue weighted by atomic mass is 9.88. The highest BCUT2D eigenvalue weighted by Gasteiger charge is 2.32. The van der Waals surface area contributed by atoms with Gasteiger partial charge in [-0.05, 0) is 6.42 Å². The smallest absolute Gasteiger partial charge is 0.113 e. The molecular formula is C10H16O2. The number of hydrogen-bond donors (Lipinski definition) is 1. The van der Waals surface area contributed by atoms with Gasteiger partial charge < -0.3 is 9.84 Å². The first-order chi connectivity index (χ1) is 5.73. The zero-order valence-corrected chi connectivity index (χ0v) is 7.66. The van der Waals surface area contributed by atoms with Gasteiger partial charge in [-0.15, -0.1) is 0 Å². The van der Waals surface area contributed by atoms with Gasteiger partial charge in [-0.2, -0.15) is 0 Å². The molecule has 0 amide bonds.